The van der Waals surface area contributed by atoms with Crippen LogP contribution in [0.5, 0.6) is 5.75 Å². The predicted octanol–water partition coefficient (Wildman–Crippen LogP) is 3.19. The van der Waals surface area contributed by atoms with Crippen molar-refractivity contribution in [1.82, 2.24) is 5.32 Å². The molecule has 1 unspecified atom stereocenters. The minimum Gasteiger partial charge on any atom is -0.459 e. The predicted molar refractivity (Wildman–Crippen MR) is 111 cm³/mol. The normalized spacial score (nSPS) is 12.3. The molecular weight excluding hydrogens is 370 g/mol. The van der Waals surface area contributed by atoms with Crippen LogP contribution < -0.4 is 10.1 Å². The summed E-state index contributed by atoms with van der Waals surface area (Å²) in [5.41, 5.74) is 1.21. The van der Waals surface area contributed by atoms with Crippen LogP contribution >= 0.6 is 0 Å². The molecule has 6 nitrogen and oxygen atoms in total. The zero-order valence-corrected chi connectivity index (χ0v) is 17.2. The van der Waals surface area contributed by atoms with Crippen LogP contribution in [0.3, 0.4) is 0 Å². The molecule has 0 radical (unpaired) electrons. The first-order valence-corrected chi connectivity index (χ1v) is 9.68. The van der Waals surface area contributed by atoms with Crippen molar-refractivity contribution >= 4 is 11.9 Å². The highest BCUT2D eigenvalue weighted by atomic mass is 16.6. The molecule has 29 heavy (non-hydrogen) atoms. The summed E-state index contributed by atoms with van der Waals surface area (Å²) in [6, 6.07) is 16.4. The maximum absolute atomic E-state index is 12.0. The molecule has 156 valence electrons. The highest BCUT2D eigenvalue weighted by Crippen LogP contribution is 2.18. The van der Waals surface area contributed by atoms with E-state index in [4.69, 9.17) is 9.47 Å². The summed E-state index contributed by atoms with van der Waals surface area (Å²) in [5.74, 6) is -0.246. The van der Waals surface area contributed by atoms with Gasteiger partial charge in [-0.1, -0.05) is 42.5 Å². The van der Waals surface area contributed by atoms with Gasteiger partial charge in [0.25, 0.3) is 0 Å². The van der Waals surface area contributed by atoms with Crippen molar-refractivity contribution in [1.29, 1.82) is 0 Å². The van der Waals surface area contributed by atoms with Gasteiger partial charge < -0.3 is 19.9 Å². The third-order valence-electron chi connectivity index (χ3n) is 3.98. The molecule has 2 aromatic carbocycles. The third-order valence-corrected chi connectivity index (χ3v) is 3.98. The van der Waals surface area contributed by atoms with Gasteiger partial charge in [-0.15, -0.1) is 0 Å². The summed E-state index contributed by atoms with van der Waals surface area (Å²) in [4.78, 5) is 23.6. The van der Waals surface area contributed by atoms with E-state index in [1.165, 1.54) is 0 Å². The van der Waals surface area contributed by atoms with E-state index in [9.17, 15) is 14.7 Å². The molecule has 0 aliphatic rings. The molecular formula is C23H29NO5. The number of hydrogen-bond acceptors (Lipinski definition) is 6. The number of aliphatic hydroxyl groups is 1. The Labute approximate surface area is 171 Å². The van der Waals surface area contributed by atoms with E-state index in [0.717, 1.165) is 5.56 Å². The Morgan fingerprint density at radius 2 is 1.66 bits per heavy atom. The smallest absolute Gasteiger partial charge is 0.320 e. The Kier molecular flexibility index (Phi) is 8.36. The van der Waals surface area contributed by atoms with Crippen molar-refractivity contribution < 1.29 is 24.2 Å². The molecule has 0 spiro atoms. The summed E-state index contributed by atoms with van der Waals surface area (Å²) in [5, 5.41) is 13.1. The first-order valence-electron chi connectivity index (χ1n) is 9.68. The highest BCUT2D eigenvalue weighted by Gasteiger charge is 2.16. The van der Waals surface area contributed by atoms with E-state index >= 15 is 0 Å². The van der Waals surface area contributed by atoms with Crippen molar-refractivity contribution in [3.8, 4) is 5.75 Å². The van der Waals surface area contributed by atoms with E-state index in [0.29, 0.717) is 24.2 Å². The molecule has 2 aromatic rings. The Bertz CT molecular complexity index is 781. The maximum atomic E-state index is 12.0. The van der Waals surface area contributed by atoms with Crippen molar-refractivity contribution in [2.45, 2.75) is 45.3 Å². The number of nitrogens with one attached hydrogen (secondary N) is 1. The topological polar surface area (TPSA) is 84.9 Å². The van der Waals surface area contributed by atoms with Crippen LogP contribution in [0.1, 0.15) is 44.4 Å². The largest absolute Gasteiger partial charge is 0.459 e. The first-order chi connectivity index (χ1) is 13.7. The molecule has 0 aliphatic heterocycles. The van der Waals surface area contributed by atoms with Crippen LogP contribution in [-0.2, 0) is 20.7 Å². The fourth-order valence-corrected chi connectivity index (χ4v) is 2.64. The number of hydrogen-bond donors (Lipinski definition) is 2. The van der Waals surface area contributed by atoms with E-state index < -0.39 is 11.7 Å². The minimum atomic E-state index is -0.791. The SMILES string of the molecule is CC(C)(C)OC(=O)CNCC(O)c1ccc(OC(=O)CCc2ccccc2)cc1. The number of esters is 2. The van der Waals surface area contributed by atoms with Gasteiger partial charge in [-0.05, 0) is 50.5 Å². The lowest BCUT2D eigenvalue weighted by Crippen LogP contribution is -2.33. The molecule has 2 N–H and O–H groups in total. The van der Waals surface area contributed by atoms with Gasteiger partial charge in [0, 0.05) is 13.0 Å². The van der Waals surface area contributed by atoms with Crippen LogP contribution in [0.25, 0.3) is 0 Å². The van der Waals surface area contributed by atoms with E-state index in [1.54, 1.807) is 45.0 Å². The van der Waals surface area contributed by atoms with Crippen molar-refractivity contribution in [2.24, 2.45) is 0 Å². The molecule has 0 bridgehead atoms. The number of carbonyl (C=O) groups is 2. The van der Waals surface area contributed by atoms with Gasteiger partial charge in [0.05, 0.1) is 12.6 Å². The molecule has 0 saturated carbocycles. The molecule has 1 atom stereocenters. The quantitative estimate of drug-likeness (QED) is 0.498. The lowest BCUT2D eigenvalue weighted by atomic mass is 10.1. The van der Waals surface area contributed by atoms with Crippen molar-refractivity contribution in [2.75, 3.05) is 13.1 Å². The Morgan fingerprint density at radius 3 is 2.28 bits per heavy atom. The maximum Gasteiger partial charge on any atom is 0.320 e. The number of aryl methyl sites for hydroxylation is 1. The molecule has 0 fully saturated rings. The summed E-state index contributed by atoms with van der Waals surface area (Å²) < 4.78 is 10.5. The van der Waals surface area contributed by atoms with Crippen molar-refractivity contribution in [3.63, 3.8) is 0 Å². The van der Waals surface area contributed by atoms with E-state index in [2.05, 4.69) is 5.32 Å². The van der Waals surface area contributed by atoms with E-state index in [1.807, 2.05) is 30.3 Å². The fraction of sp³-hybridized carbons (Fsp3) is 0.391. The molecule has 0 heterocycles. The molecule has 2 rings (SSSR count). The Hall–Kier alpha value is -2.70. The van der Waals surface area contributed by atoms with Gasteiger partial charge in [-0.2, -0.15) is 0 Å². The number of aliphatic hydroxyl groups excluding tert-OH is 1. The average Bonchev–Trinajstić information content (AvgIpc) is 2.66. The average molecular weight is 399 g/mol. The lowest BCUT2D eigenvalue weighted by molar-refractivity contribution is -0.153. The second-order valence-corrected chi connectivity index (χ2v) is 7.76. The molecule has 0 amide bonds. The van der Waals surface area contributed by atoms with Crippen molar-refractivity contribution in [3.05, 3.63) is 65.7 Å². The van der Waals surface area contributed by atoms with Crippen LogP contribution in [0.15, 0.2) is 54.6 Å². The van der Waals surface area contributed by atoms with Gasteiger partial charge in [-0.3, -0.25) is 9.59 Å². The summed E-state index contributed by atoms with van der Waals surface area (Å²) in [6.45, 7) is 5.63. The Balaban J connectivity index is 1.74. The van der Waals surface area contributed by atoms with Gasteiger partial charge in [-0.25, -0.2) is 0 Å². The van der Waals surface area contributed by atoms with E-state index in [-0.39, 0.29) is 25.0 Å². The highest BCUT2D eigenvalue weighted by molar-refractivity contribution is 5.72. The number of rotatable bonds is 9. The molecule has 0 aromatic heterocycles. The third kappa shape index (κ3) is 8.89. The summed E-state index contributed by atoms with van der Waals surface area (Å²) in [7, 11) is 0. The van der Waals surface area contributed by atoms with Gasteiger partial charge in [0.1, 0.15) is 11.4 Å². The van der Waals surface area contributed by atoms with Gasteiger partial charge in [0.15, 0.2) is 0 Å². The second-order valence-electron chi connectivity index (χ2n) is 7.76. The summed E-state index contributed by atoms with van der Waals surface area (Å²) >= 11 is 0. The Morgan fingerprint density at radius 1 is 1.00 bits per heavy atom. The van der Waals surface area contributed by atoms with Crippen LogP contribution in [0, 0.1) is 0 Å². The van der Waals surface area contributed by atoms with Gasteiger partial charge in [0.2, 0.25) is 0 Å². The number of benzene rings is 2. The molecule has 0 saturated heterocycles. The van der Waals surface area contributed by atoms with Gasteiger partial charge >= 0.3 is 11.9 Å². The number of carbonyl (C=O) groups excluding carboxylic acids is 2. The second kappa shape index (κ2) is 10.7. The standard InChI is InChI=1S/C23H29NO5/c1-23(2,3)29-22(27)16-24-15-20(25)18-10-12-19(13-11-18)28-21(26)14-9-17-7-5-4-6-8-17/h4-8,10-13,20,24-25H,9,14-16H2,1-3H3. The molecule has 6 heteroatoms. The molecule has 0 aliphatic carbocycles. The summed E-state index contributed by atoms with van der Waals surface area (Å²) in [6.07, 6.45) is 0.128. The van der Waals surface area contributed by atoms with Crippen LogP contribution in [-0.4, -0.2) is 35.7 Å². The fourth-order valence-electron chi connectivity index (χ4n) is 2.64. The number of ether oxygens (including phenoxy) is 2. The zero-order chi connectivity index (χ0) is 21.3. The lowest BCUT2D eigenvalue weighted by Gasteiger charge is -2.20. The first kappa shape index (κ1) is 22.6. The monoisotopic (exact) mass is 399 g/mol. The van der Waals surface area contributed by atoms with Crippen LogP contribution in [0.4, 0.5) is 0 Å². The minimum absolute atomic E-state index is 0.0193. The van der Waals surface area contributed by atoms with Crippen LogP contribution in [0.2, 0.25) is 0 Å². The zero-order valence-electron chi connectivity index (χ0n) is 17.2.